The number of rotatable bonds is 3. The molecule has 7 aromatic carbocycles. The number of hydrogen-bond acceptors (Lipinski definition) is 3. The lowest BCUT2D eigenvalue weighted by atomic mass is 9.82. The molecule has 3 heteroatoms. The van der Waals surface area contributed by atoms with Crippen LogP contribution in [-0.2, 0) is 10.8 Å². The summed E-state index contributed by atoms with van der Waals surface area (Å²) in [5, 5.41) is 4.50. The van der Waals surface area contributed by atoms with Crippen LogP contribution in [0.3, 0.4) is 0 Å². The van der Waals surface area contributed by atoms with Gasteiger partial charge in [0.05, 0.1) is 16.8 Å². The lowest BCUT2D eigenvalue weighted by molar-refractivity contribution is 0.653. The molecule has 2 aliphatic carbocycles. The van der Waals surface area contributed by atoms with Gasteiger partial charge in [0.2, 0.25) is 0 Å². The molecule has 0 amide bonds. The first-order valence-corrected chi connectivity index (χ1v) is 17.9. The summed E-state index contributed by atoms with van der Waals surface area (Å²) in [7, 11) is 0. The molecule has 0 atom stereocenters. The standard InChI is InChI=1S/C48H35NO2/c1-47(2)34-16-8-5-13-29(34)30-24-23-28(27-37(30)47)49(38-19-12-22-42-43(38)33-15-7-10-21-41(33)50-42)39-18-11-17-35-44(39)45-36(48(35,3)4)26-25-32-31-14-6-9-20-40(31)51-46(32)45/h5-27H,1-4H3. The van der Waals surface area contributed by atoms with E-state index in [1.165, 1.54) is 44.5 Å². The molecule has 0 spiro atoms. The topological polar surface area (TPSA) is 29.5 Å². The number of anilines is 3. The SMILES string of the molecule is CC1(C)c2ccccc2-c2ccc(N(c3cccc4c3-c3c(ccc5c3oc3ccccc35)C4(C)C)c3cccc4oc5ccccc5c34)cc21. The van der Waals surface area contributed by atoms with E-state index in [0.29, 0.717) is 0 Å². The largest absolute Gasteiger partial charge is 0.456 e. The Morgan fingerprint density at radius 2 is 1.06 bits per heavy atom. The van der Waals surface area contributed by atoms with E-state index in [2.05, 4.69) is 166 Å². The van der Waals surface area contributed by atoms with Gasteiger partial charge < -0.3 is 13.7 Å². The number of nitrogens with zero attached hydrogens (tertiary/aromatic N) is 1. The third-order valence-corrected chi connectivity index (χ3v) is 11.9. The number of para-hydroxylation sites is 2. The zero-order chi connectivity index (χ0) is 34.2. The first-order chi connectivity index (χ1) is 24.8. The molecule has 2 heterocycles. The van der Waals surface area contributed by atoms with Gasteiger partial charge in [0.25, 0.3) is 0 Å². The van der Waals surface area contributed by atoms with Crippen molar-refractivity contribution in [1.29, 1.82) is 0 Å². The highest BCUT2D eigenvalue weighted by Gasteiger charge is 2.41. The average Bonchev–Trinajstić information content (AvgIpc) is 3.85. The average molecular weight is 658 g/mol. The lowest BCUT2D eigenvalue weighted by Crippen LogP contribution is -2.17. The van der Waals surface area contributed by atoms with Crippen LogP contribution in [0.2, 0.25) is 0 Å². The molecule has 0 aliphatic heterocycles. The predicted octanol–water partition coefficient (Wildman–Crippen LogP) is 13.6. The van der Waals surface area contributed by atoms with Gasteiger partial charge in [-0.1, -0.05) is 125 Å². The molecule has 244 valence electrons. The summed E-state index contributed by atoms with van der Waals surface area (Å²) >= 11 is 0. The molecule has 51 heavy (non-hydrogen) atoms. The minimum absolute atomic E-state index is 0.143. The van der Waals surface area contributed by atoms with Crippen LogP contribution in [0, 0.1) is 0 Å². The van der Waals surface area contributed by atoms with E-state index in [1.54, 1.807) is 0 Å². The van der Waals surface area contributed by atoms with E-state index in [1.807, 2.05) is 6.07 Å². The minimum Gasteiger partial charge on any atom is -0.456 e. The van der Waals surface area contributed by atoms with Crippen LogP contribution < -0.4 is 4.90 Å². The van der Waals surface area contributed by atoms with Crippen LogP contribution in [0.15, 0.2) is 148 Å². The Balaban J connectivity index is 1.26. The van der Waals surface area contributed by atoms with E-state index >= 15 is 0 Å². The van der Waals surface area contributed by atoms with E-state index in [9.17, 15) is 0 Å². The van der Waals surface area contributed by atoms with E-state index in [-0.39, 0.29) is 10.8 Å². The van der Waals surface area contributed by atoms with Crippen molar-refractivity contribution in [3.63, 3.8) is 0 Å². The van der Waals surface area contributed by atoms with Gasteiger partial charge in [-0.15, -0.1) is 0 Å². The third kappa shape index (κ3) is 3.68. The molecule has 0 fully saturated rings. The summed E-state index contributed by atoms with van der Waals surface area (Å²) < 4.78 is 13.3. The Kier molecular flexibility index (Phi) is 5.52. The second-order valence-electron chi connectivity index (χ2n) is 15.3. The molecule has 9 aromatic rings. The summed E-state index contributed by atoms with van der Waals surface area (Å²) in [6.07, 6.45) is 0. The fraction of sp³-hybridized carbons (Fsp3) is 0.125. The highest BCUT2D eigenvalue weighted by Crippen LogP contribution is 2.58. The van der Waals surface area contributed by atoms with Crippen LogP contribution in [0.1, 0.15) is 49.9 Å². The van der Waals surface area contributed by atoms with Crippen molar-refractivity contribution in [1.82, 2.24) is 0 Å². The maximum Gasteiger partial charge on any atom is 0.143 e. The van der Waals surface area contributed by atoms with Gasteiger partial charge in [-0.05, 0) is 75.8 Å². The van der Waals surface area contributed by atoms with Gasteiger partial charge in [-0.25, -0.2) is 0 Å². The van der Waals surface area contributed by atoms with Gasteiger partial charge >= 0.3 is 0 Å². The van der Waals surface area contributed by atoms with Crippen molar-refractivity contribution in [3.05, 3.63) is 162 Å². The Morgan fingerprint density at radius 1 is 0.431 bits per heavy atom. The number of hydrogen-bond donors (Lipinski definition) is 0. The van der Waals surface area contributed by atoms with Crippen molar-refractivity contribution in [3.8, 4) is 22.3 Å². The molecule has 2 aromatic heterocycles. The third-order valence-electron chi connectivity index (χ3n) is 11.9. The molecule has 3 nitrogen and oxygen atoms in total. The number of benzene rings is 7. The fourth-order valence-electron chi connectivity index (χ4n) is 9.39. The van der Waals surface area contributed by atoms with Gasteiger partial charge in [0.1, 0.15) is 22.3 Å². The Hall–Kier alpha value is -6.06. The zero-order valence-electron chi connectivity index (χ0n) is 29.0. The van der Waals surface area contributed by atoms with Gasteiger partial charge in [-0.3, -0.25) is 0 Å². The maximum absolute atomic E-state index is 6.80. The van der Waals surface area contributed by atoms with Crippen LogP contribution in [0.5, 0.6) is 0 Å². The number of furan rings is 2. The predicted molar refractivity (Wildman–Crippen MR) is 211 cm³/mol. The minimum atomic E-state index is -0.227. The highest BCUT2D eigenvalue weighted by molar-refractivity contribution is 6.16. The maximum atomic E-state index is 6.80. The second kappa shape index (κ2) is 9.80. The van der Waals surface area contributed by atoms with Crippen molar-refractivity contribution in [2.45, 2.75) is 38.5 Å². The molecule has 2 aliphatic rings. The molecule has 0 saturated heterocycles. The molecule has 0 saturated carbocycles. The smallest absolute Gasteiger partial charge is 0.143 e. The first-order valence-electron chi connectivity index (χ1n) is 17.9. The molecule has 0 N–H and O–H groups in total. The van der Waals surface area contributed by atoms with Crippen molar-refractivity contribution in [2.75, 3.05) is 4.90 Å². The van der Waals surface area contributed by atoms with Crippen LogP contribution in [-0.4, -0.2) is 0 Å². The van der Waals surface area contributed by atoms with Crippen LogP contribution in [0.4, 0.5) is 17.1 Å². The Labute approximate surface area is 296 Å². The molecular formula is C48H35NO2. The molecule has 11 rings (SSSR count). The monoisotopic (exact) mass is 657 g/mol. The first kappa shape index (κ1) is 28.7. The van der Waals surface area contributed by atoms with Gasteiger partial charge in [0.15, 0.2) is 0 Å². The molecular weight excluding hydrogens is 623 g/mol. The van der Waals surface area contributed by atoms with Crippen LogP contribution in [0.25, 0.3) is 66.1 Å². The van der Waals surface area contributed by atoms with Crippen molar-refractivity contribution in [2.24, 2.45) is 0 Å². The van der Waals surface area contributed by atoms with Crippen molar-refractivity contribution < 1.29 is 8.83 Å². The van der Waals surface area contributed by atoms with Crippen molar-refractivity contribution >= 4 is 60.9 Å². The Morgan fingerprint density at radius 3 is 1.92 bits per heavy atom. The number of fused-ring (bicyclic) bond motifs is 13. The quantitative estimate of drug-likeness (QED) is 0.189. The normalized spacial score (nSPS) is 15.0. The lowest BCUT2D eigenvalue weighted by Gasteiger charge is -2.30. The summed E-state index contributed by atoms with van der Waals surface area (Å²) in [6, 6.07) is 50.6. The van der Waals surface area contributed by atoms with E-state index < -0.39 is 0 Å². The fourth-order valence-corrected chi connectivity index (χ4v) is 9.39. The van der Waals surface area contributed by atoms with E-state index in [4.69, 9.17) is 8.83 Å². The zero-order valence-corrected chi connectivity index (χ0v) is 29.0. The summed E-state index contributed by atoms with van der Waals surface area (Å²) in [5.41, 5.74) is 16.9. The molecule has 0 bridgehead atoms. The highest BCUT2D eigenvalue weighted by atomic mass is 16.3. The summed E-state index contributed by atoms with van der Waals surface area (Å²) in [6.45, 7) is 9.40. The Bertz CT molecular complexity index is 2940. The van der Waals surface area contributed by atoms with Gasteiger partial charge in [-0.2, -0.15) is 0 Å². The van der Waals surface area contributed by atoms with Crippen LogP contribution >= 0.6 is 0 Å². The second-order valence-corrected chi connectivity index (χ2v) is 15.3. The molecule has 0 radical (unpaired) electrons. The summed E-state index contributed by atoms with van der Waals surface area (Å²) in [5.74, 6) is 0. The van der Waals surface area contributed by atoms with E-state index in [0.717, 1.165) is 60.9 Å². The summed E-state index contributed by atoms with van der Waals surface area (Å²) in [4.78, 5) is 2.48. The van der Waals surface area contributed by atoms with Gasteiger partial charge in [0, 0.05) is 43.8 Å². The molecule has 0 unspecified atom stereocenters.